The van der Waals surface area contributed by atoms with Crippen molar-refractivity contribution in [3.05, 3.63) is 61.2 Å². The molecule has 0 aliphatic heterocycles. The number of unbranched alkanes of at least 4 members (excludes halogenated alkanes) is 1. The summed E-state index contributed by atoms with van der Waals surface area (Å²) in [6.45, 7) is 7.03. The number of ether oxygens (including phenoxy) is 2. The predicted molar refractivity (Wildman–Crippen MR) is 106 cm³/mol. The van der Waals surface area contributed by atoms with Gasteiger partial charge >= 0.3 is 0 Å². The average molecular weight is 354 g/mol. The summed E-state index contributed by atoms with van der Waals surface area (Å²) in [5.74, 6) is 1.35. The Morgan fingerprint density at radius 2 is 1.77 bits per heavy atom. The zero-order valence-electron chi connectivity index (χ0n) is 15.2. The van der Waals surface area contributed by atoms with Gasteiger partial charge in [0.1, 0.15) is 18.1 Å². The molecule has 2 N–H and O–H groups in total. The van der Waals surface area contributed by atoms with E-state index in [-0.39, 0.29) is 12.5 Å². The Morgan fingerprint density at radius 1 is 1.08 bits per heavy atom. The summed E-state index contributed by atoms with van der Waals surface area (Å²) in [7, 11) is 0. The fraction of sp³-hybridized carbons (Fsp3) is 0.286. The van der Waals surface area contributed by atoms with Crippen molar-refractivity contribution >= 4 is 17.3 Å². The molecule has 0 aromatic heterocycles. The summed E-state index contributed by atoms with van der Waals surface area (Å²) in [5, 5.41) is 5.95. The van der Waals surface area contributed by atoms with Gasteiger partial charge in [-0.1, -0.05) is 38.1 Å². The first-order chi connectivity index (χ1) is 12.7. The van der Waals surface area contributed by atoms with Crippen LogP contribution in [0.2, 0.25) is 0 Å². The van der Waals surface area contributed by atoms with Crippen molar-refractivity contribution in [2.45, 2.75) is 19.8 Å². The van der Waals surface area contributed by atoms with E-state index in [1.807, 2.05) is 42.5 Å². The van der Waals surface area contributed by atoms with E-state index >= 15 is 0 Å². The molecule has 2 rings (SSSR count). The van der Waals surface area contributed by atoms with Crippen LogP contribution in [-0.2, 0) is 4.79 Å². The van der Waals surface area contributed by atoms with Crippen molar-refractivity contribution < 1.29 is 14.3 Å². The quantitative estimate of drug-likeness (QED) is 0.461. The van der Waals surface area contributed by atoms with Crippen molar-refractivity contribution in [2.75, 3.05) is 30.4 Å². The lowest BCUT2D eigenvalue weighted by atomic mass is 10.3. The first-order valence-electron chi connectivity index (χ1n) is 8.81. The van der Waals surface area contributed by atoms with Gasteiger partial charge in [0.05, 0.1) is 13.2 Å². The van der Waals surface area contributed by atoms with Crippen LogP contribution in [0.15, 0.2) is 61.2 Å². The second-order valence-corrected chi connectivity index (χ2v) is 5.76. The van der Waals surface area contributed by atoms with Gasteiger partial charge in [-0.05, 0) is 30.7 Å². The molecule has 0 bridgehead atoms. The van der Waals surface area contributed by atoms with Crippen LogP contribution in [0.3, 0.4) is 0 Å². The van der Waals surface area contributed by atoms with E-state index in [2.05, 4.69) is 24.1 Å². The summed E-state index contributed by atoms with van der Waals surface area (Å²) < 4.78 is 11.1. The largest absolute Gasteiger partial charge is 0.494 e. The second-order valence-electron chi connectivity index (χ2n) is 5.76. The molecule has 26 heavy (non-hydrogen) atoms. The molecule has 0 heterocycles. The Morgan fingerprint density at radius 3 is 2.50 bits per heavy atom. The molecule has 0 radical (unpaired) electrons. The van der Waals surface area contributed by atoms with Gasteiger partial charge in [-0.15, -0.1) is 0 Å². The number of benzene rings is 2. The number of rotatable bonds is 11. The lowest BCUT2D eigenvalue weighted by Gasteiger charge is -2.11. The first kappa shape index (κ1) is 19.4. The van der Waals surface area contributed by atoms with E-state index in [1.165, 1.54) is 0 Å². The zero-order chi connectivity index (χ0) is 18.6. The lowest BCUT2D eigenvalue weighted by molar-refractivity contribution is -0.114. The Bertz CT molecular complexity index is 716. The highest BCUT2D eigenvalue weighted by Gasteiger charge is 2.04. The summed E-state index contributed by atoms with van der Waals surface area (Å²) in [6, 6.07) is 14.9. The molecule has 0 spiro atoms. The average Bonchev–Trinajstić information content (AvgIpc) is 2.66. The Labute approximate surface area is 155 Å². The predicted octanol–water partition coefficient (Wildman–Crippen LogP) is 4.48. The van der Waals surface area contributed by atoms with Crippen molar-refractivity contribution in [1.29, 1.82) is 0 Å². The molecule has 2 aromatic rings. The van der Waals surface area contributed by atoms with Gasteiger partial charge in [-0.3, -0.25) is 4.79 Å². The van der Waals surface area contributed by atoms with Crippen molar-refractivity contribution in [2.24, 2.45) is 0 Å². The van der Waals surface area contributed by atoms with Crippen LogP contribution >= 0.6 is 0 Å². The standard InChI is InChI=1S/C21H26N2O3/c1-3-5-13-26-19-10-6-8-17(14-19)22-16-21(24)23-18-9-7-11-20(15-18)25-12-4-2/h4,6-11,14-15,22H,2-3,5,12-13,16H2,1H3,(H,23,24). The van der Waals surface area contributed by atoms with Crippen molar-refractivity contribution in [1.82, 2.24) is 0 Å². The van der Waals surface area contributed by atoms with Crippen LogP contribution in [0.1, 0.15) is 19.8 Å². The normalized spacial score (nSPS) is 10.0. The number of hydrogen-bond acceptors (Lipinski definition) is 4. The molecule has 0 unspecified atom stereocenters. The van der Waals surface area contributed by atoms with Gasteiger partial charge in [-0.25, -0.2) is 0 Å². The topological polar surface area (TPSA) is 59.6 Å². The Hall–Kier alpha value is -2.95. The summed E-state index contributed by atoms with van der Waals surface area (Å²) in [6.07, 6.45) is 3.79. The highest BCUT2D eigenvalue weighted by atomic mass is 16.5. The fourth-order valence-corrected chi connectivity index (χ4v) is 2.24. The molecule has 5 nitrogen and oxygen atoms in total. The molecule has 0 saturated carbocycles. The third kappa shape index (κ3) is 6.89. The van der Waals surface area contributed by atoms with Gasteiger partial charge in [0.25, 0.3) is 0 Å². The van der Waals surface area contributed by atoms with Crippen LogP contribution in [0.5, 0.6) is 11.5 Å². The van der Waals surface area contributed by atoms with Crippen LogP contribution in [0, 0.1) is 0 Å². The third-order valence-electron chi connectivity index (χ3n) is 3.54. The van der Waals surface area contributed by atoms with Crippen LogP contribution in [0.25, 0.3) is 0 Å². The fourth-order valence-electron chi connectivity index (χ4n) is 2.24. The van der Waals surface area contributed by atoms with E-state index in [4.69, 9.17) is 9.47 Å². The van der Waals surface area contributed by atoms with Crippen molar-refractivity contribution in [3.8, 4) is 11.5 Å². The minimum Gasteiger partial charge on any atom is -0.494 e. The van der Waals surface area contributed by atoms with E-state index in [0.29, 0.717) is 24.7 Å². The molecular formula is C21H26N2O3. The minimum atomic E-state index is -0.136. The maximum atomic E-state index is 12.1. The number of hydrogen-bond donors (Lipinski definition) is 2. The second kappa shape index (κ2) is 10.8. The molecule has 5 heteroatoms. The maximum absolute atomic E-state index is 12.1. The number of anilines is 2. The molecule has 0 aliphatic rings. The monoisotopic (exact) mass is 354 g/mol. The number of carbonyl (C=O) groups excluding carboxylic acids is 1. The SMILES string of the molecule is C=CCOc1cccc(NC(=O)CNc2cccc(OCCCC)c2)c1. The van der Waals surface area contributed by atoms with Gasteiger partial charge in [-0.2, -0.15) is 0 Å². The maximum Gasteiger partial charge on any atom is 0.243 e. The third-order valence-corrected chi connectivity index (χ3v) is 3.54. The van der Waals surface area contributed by atoms with Gasteiger partial charge in [0.2, 0.25) is 5.91 Å². The summed E-state index contributed by atoms with van der Waals surface area (Å²) in [4.78, 5) is 12.1. The highest BCUT2D eigenvalue weighted by Crippen LogP contribution is 2.19. The van der Waals surface area contributed by atoms with E-state index in [0.717, 1.165) is 24.3 Å². The van der Waals surface area contributed by atoms with E-state index in [1.54, 1.807) is 12.1 Å². The molecule has 0 aliphatic carbocycles. The minimum absolute atomic E-state index is 0.136. The smallest absolute Gasteiger partial charge is 0.243 e. The molecular weight excluding hydrogens is 328 g/mol. The van der Waals surface area contributed by atoms with Crippen molar-refractivity contribution in [3.63, 3.8) is 0 Å². The molecule has 1 amide bonds. The van der Waals surface area contributed by atoms with Gasteiger partial charge in [0, 0.05) is 23.5 Å². The lowest BCUT2D eigenvalue weighted by Crippen LogP contribution is -2.21. The first-order valence-corrected chi connectivity index (χ1v) is 8.81. The highest BCUT2D eigenvalue weighted by molar-refractivity contribution is 5.93. The van der Waals surface area contributed by atoms with Gasteiger partial charge < -0.3 is 20.1 Å². The molecule has 0 fully saturated rings. The number of amides is 1. The van der Waals surface area contributed by atoms with E-state index < -0.39 is 0 Å². The Balaban J connectivity index is 1.83. The van der Waals surface area contributed by atoms with Gasteiger partial charge in [0.15, 0.2) is 0 Å². The van der Waals surface area contributed by atoms with Crippen LogP contribution in [-0.4, -0.2) is 25.7 Å². The number of carbonyl (C=O) groups is 1. The summed E-state index contributed by atoms with van der Waals surface area (Å²) in [5.41, 5.74) is 1.53. The zero-order valence-corrected chi connectivity index (χ0v) is 15.2. The van der Waals surface area contributed by atoms with Crippen LogP contribution in [0.4, 0.5) is 11.4 Å². The number of nitrogens with one attached hydrogen (secondary N) is 2. The Kier molecular flexibility index (Phi) is 8.06. The molecule has 0 atom stereocenters. The molecule has 2 aromatic carbocycles. The molecule has 0 saturated heterocycles. The van der Waals surface area contributed by atoms with Crippen LogP contribution < -0.4 is 20.1 Å². The van der Waals surface area contributed by atoms with E-state index in [9.17, 15) is 4.79 Å². The molecule has 138 valence electrons. The summed E-state index contributed by atoms with van der Waals surface area (Å²) >= 11 is 0.